The third-order valence-electron chi connectivity index (χ3n) is 5.78. The van der Waals surface area contributed by atoms with Crippen molar-refractivity contribution in [1.29, 1.82) is 0 Å². The van der Waals surface area contributed by atoms with E-state index in [2.05, 4.69) is 0 Å². The van der Waals surface area contributed by atoms with Crippen LogP contribution in [0, 0.1) is 0 Å². The molecule has 0 atom stereocenters. The van der Waals surface area contributed by atoms with E-state index < -0.39 is 10.0 Å². The number of amides is 1. The molecule has 1 fully saturated rings. The first kappa shape index (κ1) is 18.8. The standard InChI is InChI=1S/C22H22N2O3S2/c25-22(21-15-17-6-2-3-7-20(17)28-21)24-13-10-16-14-18(8-9-19(16)24)29(26,27)23-11-4-1-5-12-23/h2-3,6-9,14-15H,1,4-5,10-13H2. The van der Waals surface area contributed by atoms with E-state index in [-0.39, 0.29) is 5.91 Å². The van der Waals surface area contributed by atoms with Crippen molar-refractivity contribution < 1.29 is 13.2 Å². The van der Waals surface area contributed by atoms with Gasteiger partial charge in [-0.25, -0.2) is 8.42 Å². The Morgan fingerprint density at radius 1 is 0.931 bits per heavy atom. The molecule has 5 rings (SSSR count). The monoisotopic (exact) mass is 426 g/mol. The molecule has 2 aliphatic rings. The van der Waals surface area contributed by atoms with Gasteiger partial charge in [0.05, 0.1) is 9.77 Å². The van der Waals surface area contributed by atoms with Gasteiger partial charge in [0.2, 0.25) is 10.0 Å². The topological polar surface area (TPSA) is 57.7 Å². The molecule has 0 radical (unpaired) electrons. The normalized spacial score (nSPS) is 17.6. The summed E-state index contributed by atoms with van der Waals surface area (Å²) in [5.41, 5.74) is 1.75. The molecule has 1 saturated heterocycles. The number of carbonyl (C=O) groups excluding carboxylic acids is 1. The van der Waals surface area contributed by atoms with Crippen molar-refractivity contribution in [3.8, 4) is 0 Å². The van der Waals surface area contributed by atoms with Crippen molar-refractivity contribution in [3.05, 3.63) is 59.0 Å². The highest BCUT2D eigenvalue weighted by Crippen LogP contribution is 2.34. The summed E-state index contributed by atoms with van der Waals surface area (Å²) in [7, 11) is -3.46. The first-order chi connectivity index (χ1) is 14.0. The van der Waals surface area contributed by atoms with Crippen LogP contribution >= 0.6 is 11.3 Å². The number of fused-ring (bicyclic) bond motifs is 2. The zero-order valence-electron chi connectivity index (χ0n) is 16.0. The van der Waals surface area contributed by atoms with Gasteiger partial charge in [-0.05, 0) is 60.5 Å². The quantitative estimate of drug-likeness (QED) is 0.628. The van der Waals surface area contributed by atoms with Crippen LogP contribution in [0.1, 0.15) is 34.5 Å². The van der Waals surface area contributed by atoms with E-state index >= 15 is 0 Å². The summed E-state index contributed by atoms with van der Waals surface area (Å²) in [6, 6.07) is 15.1. The van der Waals surface area contributed by atoms with Gasteiger partial charge in [-0.3, -0.25) is 4.79 Å². The fraction of sp³-hybridized carbons (Fsp3) is 0.318. The van der Waals surface area contributed by atoms with Crippen LogP contribution in [0.3, 0.4) is 0 Å². The number of anilines is 1. The fourth-order valence-corrected chi connectivity index (χ4v) is 6.80. The Balaban J connectivity index is 1.44. The van der Waals surface area contributed by atoms with Crippen LogP contribution in [0.15, 0.2) is 53.4 Å². The first-order valence-corrected chi connectivity index (χ1v) is 12.2. The maximum atomic E-state index is 13.1. The van der Waals surface area contributed by atoms with Crippen molar-refractivity contribution in [2.45, 2.75) is 30.6 Å². The highest BCUT2D eigenvalue weighted by molar-refractivity contribution is 7.89. The number of thiophene rings is 1. The molecule has 150 valence electrons. The number of piperidine rings is 1. The van der Waals surface area contributed by atoms with Gasteiger partial charge in [-0.15, -0.1) is 11.3 Å². The third kappa shape index (κ3) is 3.27. The van der Waals surface area contributed by atoms with Crippen LogP contribution in [0.2, 0.25) is 0 Å². The van der Waals surface area contributed by atoms with Crippen LogP contribution in [-0.2, 0) is 16.4 Å². The van der Waals surface area contributed by atoms with Crippen molar-refractivity contribution in [2.24, 2.45) is 0 Å². The van der Waals surface area contributed by atoms with Gasteiger partial charge in [0.25, 0.3) is 5.91 Å². The average Bonchev–Trinajstić information content (AvgIpc) is 3.37. The van der Waals surface area contributed by atoms with Crippen LogP contribution in [0.25, 0.3) is 10.1 Å². The second kappa shape index (κ2) is 7.23. The molecule has 7 heteroatoms. The van der Waals surface area contributed by atoms with Gasteiger partial charge >= 0.3 is 0 Å². The number of sulfonamides is 1. The molecule has 0 N–H and O–H groups in total. The van der Waals surface area contributed by atoms with Gasteiger partial charge in [0, 0.05) is 30.0 Å². The zero-order chi connectivity index (χ0) is 20.0. The van der Waals surface area contributed by atoms with Crippen molar-refractivity contribution in [3.63, 3.8) is 0 Å². The van der Waals surface area contributed by atoms with Crippen molar-refractivity contribution in [2.75, 3.05) is 24.5 Å². The Hall–Kier alpha value is -2.22. The number of rotatable bonds is 3. The zero-order valence-corrected chi connectivity index (χ0v) is 17.6. The molecule has 1 amide bonds. The molecule has 0 saturated carbocycles. The molecule has 3 aromatic rings. The number of hydrogen-bond acceptors (Lipinski definition) is 4. The number of hydrogen-bond donors (Lipinski definition) is 0. The Kier molecular flexibility index (Phi) is 4.69. The Bertz CT molecular complexity index is 1160. The minimum absolute atomic E-state index is 0.0170. The smallest absolute Gasteiger partial charge is 0.268 e. The Labute approximate surface area is 174 Å². The van der Waals surface area contributed by atoms with E-state index in [4.69, 9.17) is 0 Å². The summed E-state index contributed by atoms with van der Waals surface area (Å²) in [6.45, 7) is 1.77. The second-order valence-electron chi connectivity index (χ2n) is 7.61. The van der Waals surface area contributed by atoms with Crippen LogP contribution in [-0.4, -0.2) is 38.3 Å². The average molecular weight is 427 g/mol. The van der Waals surface area contributed by atoms with E-state index in [1.54, 1.807) is 27.4 Å². The summed E-state index contributed by atoms with van der Waals surface area (Å²) in [5.74, 6) is -0.0170. The maximum absolute atomic E-state index is 13.1. The highest BCUT2D eigenvalue weighted by atomic mass is 32.2. The van der Waals surface area contributed by atoms with Crippen LogP contribution < -0.4 is 4.90 Å². The molecule has 0 unspecified atom stereocenters. The molecule has 3 heterocycles. The summed E-state index contributed by atoms with van der Waals surface area (Å²) in [6.07, 6.45) is 3.60. The van der Waals surface area contributed by atoms with Gasteiger partial charge in [0.1, 0.15) is 0 Å². The van der Waals surface area contributed by atoms with Gasteiger partial charge in [-0.1, -0.05) is 24.6 Å². The maximum Gasteiger partial charge on any atom is 0.268 e. The lowest BCUT2D eigenvalue weighted by Crippen LogP contribution is -2.35. The lowest BCUT2D eigenvalue weighted by atomic mass is 10.2. The lowest BCUT2D eigenvalue weighted by molar-refractivity contribution is 0.0993. The fourth-order valence-electron chi connectivity index (χ4n) is 4.22. The summed E-state index contributed by atoms with van der Waals surface area (Å²) >= 11 is 1.50. The number of nitrogens with zero attached hydrogens (tertiary/aromatic N) is 2. The number of benzene rings is 2. The summed E-state index contributed by atoms with van der Waals surface area (Å²) in [4.78, 5) is 15.9. The van der Waals surface area contributed by atoms with Crippen LogP contribution in [0.4, 0.5) is 5.69 Å². The van der Waals surface area contributed by atoms with Crippen molar-refractivity contribution in [1.82, 2.24) is 4.31 Å². The second-order valence-corrected chi connectivity index (χ2v) is 10.6. The highest BCUT2D eigenvalue weighted by Gasteiger charge is 2.30. The molecular formula is C22H22N2O3S2. The molecule has 2 aliphatic heterocycles. The molecule has 1 aromatic heterocycles. The van der Waals surface area contributed by atoms with E-state index in [0.717, 1.165) is 40.6 Å². The molecule has 0 bridgehead atoms. The summed E-state index contributed by atoms with van der Waals surface area (Å²) in [5, 5.41) is 1.07. The lowest BCUT2D eigenvalue weighted by Gasteiger charge is -2.26. The van der Waals surface area contributed by atoms with E-state index in [1.807, 2.05) is 30.3 Å². The Morgan fingerprint density at radius 3 is 2.52 bits per heavy atom. The van der Waals surface area contributed by atoms with Gasteiger partial charge < -0.3 is 4.90 Å². The first-order valence-electron chi connectivity index (χ1n) is 9.97. The molecule has 0 spiro atoms. The summed E-state index contributed by atoms with van der Waals surface area (Å²) < 4.78 is 28.6. The molecule has 5 nitrogen and oxygen atoms in total. The molecule has 2 aromatic carbocycles. The van der Waals surface area contributed by atoms with Gasteiger partial charge in [0.15, 0.2) is 0 Å². The van der Waals surface area contributed by atoms with E-state index in [9.17, 15) is 13.2 Å². The molecular weight excluding hydrogens is 404 g/mol. The Morgan fingerprint density at radius 2 is 1.72 bits per heavy atom. The van der Waals surface area contributed by atoms with E-state index in [1.165, 1.54) is 11.3 Å². The van der Waals surface area contributed by atoms with Gasteiger partial charge in [-0.2, -0.15) is 4.31 Å². The number of carbonyl (C=O) groups is 1. The van der Waals surface area contributed by atoms with Crippen LogP contribution in [0.5, 0.6) is 0 Å². The third-order valence-corrected chi connectivity index (χ3v) is 8.78. The SMILES string of the molecule is O=C(c1cc2ccccc2s1)N1CCc2cc(S(=O)(=O)N3CCCCC3)ccc21. The molecule has 0 aliphatic carbocycles. The largest absolute Gasteiger partial charge is 0.307 e. The predicted octanol–water partition coefficient (Wildman–Crippen LogP) is 4.28. The molecule has 29 heavy (non-hydrogen) atoms. The van der Waals surface area contributed by atoms with Crippen molar-refractivity contribution >= 4 is 43.0 Å². The van der Waals surface area contributed by atoms with E-state index in [0.29, 0.717) is 35.8 Å². The minimum Gasteiger partial charge on any atom is -0.307 e. The predicted molar refractivity (Wildman–Crippen MR) is 116 cm³/mol. The minimum atomic E-state index is -3.46.